The molecule has 0 unspecified atom stereocenters. The van der Waals surface area contributed by atoms with Gasteiger partial charge in [0.05, 0.1) is 0 Å². The first-order valence-corrected chi connectivity index (χ1v) is 7.74. The second kappa shape index (κ2) is 6.95. The molecule has 0 aliphatic rings. The van der Waals surface area contributed by atoms with E-state index in [9.17, 15) is 5.11 Å². The predicted octanol–water partition coefficient (Wildman–Crippen LogP) is 5.09. The summed E-state index contributed by atoms with van der Waals surface area (Å²) in [5.41, 5.74) is 2.03. The Hall–Kier alpha value is -2.16. The Morgan fingerprint density at radius 1 is 0.565 bits per heavy atom. The fraction of sp³-hybridized carbons (Fsp3) is 0.400. The number of hydrogen-bond donors (Lipinski definition) is 3. The third kappa shape index (κ3) is 5.20. The second-order valence-corrected chi connectivity index (χ2v) is 7.69. The molecule has 0 spiro atoms. The lowest BCUT2D eigenvalue weighted by molar-refractivity contribution is 0.404. The fourth-order valence-electron chi connectivity index (χ4n) is 2.22. The van der Waals surface area contributed by atoms with E-state index in [0.29, 0.717) is 5.75 Å². The molecule has 0 radical (unpaired) electrons. The van der Waals surface area contributed by atoms with Gasteiger partial charge in [-0.2, -0.15) is 0 Å². The first-order chi connectivity index (χ1) is 10.4. The monoisotopic (exact) mass is 316 g/mol. The van der Waals surface area contributed by atoms with Gasteiger partial charge >= 0.3 is 0 Å². The first-order valence-electron chi connectivity index (χ1n) is 7.74. The highest BCUT2D eigenvalue weighted by atomic mass is 16.3. The molecule has 0 bridgehead atoms. The van der Waals surface area contributed by atoms with Crippen molar-refractivity contribution in [2.24, 2.45) is 0 Å². The van der Waals surface area contributed by atoms with E-state index in [1.165, 1.54) is 12.1 Å². The van der Waals surface area contributed by atoms with Gasteiger partial charge in [0.2, 0.25) is 0 Å². The van der Waals surface area contributed by atoms with Gasteiger partial charge in [-0.3, -0.25) is 0 Å². The van der Waals surface area contributed by atoms with Crippen LogP contribution in [0.3, 0.4) is 0 Å². The van der Waals surface area contributed by atoms with Crippen LogP contribution in [0.5, 0.6) is 17.2 Å². The molecular weight excluding hydrogens is 288 g/mol. The van der Waals surface area contributed by atoms with E-state index in [4.69, 9.17) is 10.2 Å². The molecule has 0 atom stereocenters. The SMILES string of the molecule is CC(C)(C)c1cccc(C(C)(C)C)c1O.Oc1ccccc1O. The number of hydrogen-bond acceptors (Lipinski definition) is 3. The predicted molar refractivity (Wildman–Crippen MR) is 95.3 cm³/mol. The van der Waals surface area contributed by atoms with Crippen molar-refractivity contribution in [3.63, 3.8) is 0 Å². The Morgan fingerprint density at radius 2 is 0.913 bits per heavy atom. The van der Waals surface area contributed by atoms with Crippen LogP contribution in [0.2, 0.25) is 0 Å². The molecule has 126 valence electrons. The van der Waals surface area contributed by atoms with Crippen molar-refractivity contribution in [1.29, 1.82) is 0 Å². The van der Waals surface area contributed by atoms with Crippen LogP contribution in [0.15, 0.2) is 42.5 Å². The molecule has 2 rings (SSSR count). The molecule has 0 heterocycles. The molecule has 0 aliphatic heterocycles. The third-order valence-electron chi connectivity index (χ3n) is 3.53. The summed E-state index contributed by atoms with van der Waals surface area (Å²) in [5.74, 6) is 0.303. The Morgan fingerprint density at radius 3 is 1.17 bits per heavy atom. The van der Waals surface area contributed by atoms with Gasteiger partial charge in [-0.1, -0.05) is 71.9 Å². The number of phenolic OH excluding ortho intramolecular Hbond substituents is 3. The summed E-state index contributed by atoms with van der Waals surface area (Å²) in [6.07, 6.45) is 0. The lowest BCUT2D eigenvalue weighted by Crippen LogP contribution is -2.16. The van der Waals surface area contributed by atoms with Crippen molar-refractivity contribution in [3.8, 4) is 17.2 Å². The summed E-state index contributed by atoms with van der Waals surface area (Å²) < 4.78 is 0. The Balaban J connectivity index is 0.000000277. The summed E-state index contributed by atoms with van der Waals surface area (Å²) in [4.78, 5) is 0. The average Bonchev–Trinajstić information content (AvgIpc) is 2.40. The van der Waals surface area contributed by atoms with E-state index < -0.39 is 0 Å². The highest BCUT2D eigenvalue weighted by molar-refractivity contribution is 5.46. The van der Waals surface area contributed by atoms with Crippen molar-refractivity contribution < 1.29 is 15.3 Å². The van der Waals surface area contributed by atoms with Gasteiger partial charge in [-0.15, -0.1) is 0 Å². The zero-order valence-corrected chi connectivity index (χ0v) is 14.9. The van der Waals surface area contributed by atoms with E-state index in [1.54, 1.807) is 12.1 Å². The van der Waals surface area contributed by atoms with Gasteiger partial charge < -0.3 is 15.3 Å². The highest BCUT2D eigenvalue weighted by Crippen LogP contribution is 2.38. The maximum Gasteiger partial charge on any atom is 0.157 e. The lowest BCUT2D eigenvalue weighted by atomic mass is 9.80. The van der Waals surface area contributed by atoms with Crippen LogP contribution in [-0.4, -0.2) is 15.3 Å². The second-order valence-electron chi connectivity index (χ2n) is 7.69. The van der Waals surface area contributed by atoms with Crippen molar-refractivity contribution in [1.82, 2.24) is 0 Å². The van der Waals surface area contributed by atoms with Gasteiger partial charge in [-0.25, -0.2) is 0 Å². The minimum atomic E-state index is -0.0764. The van der Waals surface area contributed by atoms with E-state index in [-0.39, 0.29) is 22.3 Å². The quantitative estimate of drug-likeness (QED) is 0.594. The number of rotatable bonds is 0. The van der Waals surface area contributed by atoms with Crippen LogP contribution in [0.4, 0.5) is 0 Å². The molecule has 0 aromatic heterocycles. The maximum absolute atomic E-state index is 10.3. The zero-order valence-electron chi connectivity index (χ0n) is 14.9. The highest BCUT2D eigenvalue weighted by Gasteiger charge is 2.24. The standard InChI is InChI=1S/C14H22O.C6H6O2/c1-13(2,3)10-8-7-9-11(12(10)15)14(4,5)6;7-5-3-1-2-4-6(5)8/h7-9,15H,1-6H3;1-4,7-8H. The Labute approximate surface area is 139 Å². The van der Waals surface area contributed by atoms with Gasteiger partial charge in [0.15, 0.2) is 11.5 Å². The van der Waals surface area contributed by atoms with Crippen LogP contribution in [0.25, 0.3) is 0 Å². The van der Waals surface area contributed by atoms with Crippen molar-refractivity contribution in [2.75, 3.05) is 0 Å². The molecule has 0 saturated heterocycles. The summed E-state index contributed by atoms with van der Waals surface area (Å²) in [6, 6.07) is 12.2. The smallest absolute Gasteiger partial charge is 0.157 e. The first kappa shape index (κ1) is 18.9. The molecule has 0 aliphatic carbocycles. The normalized spacial score (nSPS) is 11.6. The number of para-hydroxylation sites is 3. The molecule has 2 aromatic carbocycles. The third-order valence-corrected chi connectivity index (χ3v) is 3.53. The van der Waals surface area contributed by atoms with Crippen LogP contribution >= 0.6 is 0 Å². The van der Waals surface area contributed by atoms with Crippen molar-refractivity contribution >= 4 is 0 Å². The molecular formula is C20H28O3. The fourth-order valence-corrected chi connectivity index (χ4v) is 2.22. The van der Waals surface area contributed by atoms with Gasteiger partial charge in [0, 0.05) is 0 Å². The lowest BCUT2D eigenvalue weighted by Gasteiger charge is -2.26. The zero-order chi connectivity index (χ0) is 17.8. The van der Waals surface area contributed by atoms with Gasteiger partial charge in [-0.05, 0) is 34.1 Å². The van der Waals surface area contributed by atoms with Crippen LogP contribution in [0, 0.1) is 0 Å². The topological polar surface area (TPSA) is 60.7 Å². The van der Waals surface area contributed by atoms with Crippen molar-refractivity contribution in [2.45, 2.75) is 52.4 Å². The summed E-state index contributed by atoms with van der Waals surface area (Å²) in [7, 11) is 0. The summed E-state index contributed by atoms with van der Waals surface area (Å²) >= 11 is 0. The Bertz CT molecular complexity index is 593. The van der Waals surface area contributed by atoms with Crippen molar-refractivity contribution in [3.05, 3.63) is 53.6 Å². The number of benzene rings is 2. The molecule has 0 fully saturated rings. The van der Waals surface area contributed by atoms with E-state index in [2.05, 4.69) is 41.5 Å². The van der Waals surface area contributed by atoms with E-state index in [1.807, 2.05) is 18.2 Å². The minimum absolute atomic E-state index is 0.00859. The molecule has 0 saturated carbocycles. The largest absolute Gasteiger partial charge is 0.507 e. The van der Waals surface area contributed by atoms with E-state index >= 15 is 0 Å². The van der Waals surface area contributed by atoms with Crippen LogP contribution < -0.4 is 0 Å². The molecule has 23 heavy (non-hydrogen) atoms. The molecule has 0 amide bonds. The van der Waals surface area contributed by atoms with Gasteiger partial charge in [0.25, 0.3) is 0 Å². The maximum atomic E-state index is 10.3. The molecule has 3 N–H and O–H groups in total. The number of phenols is 3. The van der Waals surface area contributed by atoms with Gasteiger partial charge in [0.1, 0.15) is 5.75 Å². The molecule has 2 aromatic rings. The number of aromatic hydroxyl groups is 3. The van der Waals surface area contributed by atoms with E-state index in [0.717, 1.165) is 11.1 Å². The van der Waals surface area contributed by atoms with Crippen LogP contribution in [-0.2, 0) is 10.8 Å². The molecule has 3 heteroatoms. The molecule has 3 nitrogen and oxygen atoms in total. The average molecular weight is 316 g/mol. The summed E-state index contributed by atoms with van der Waals surface area (Å²) in [5, 5.41) is 27.6. The minimum Gasteiger partial charge on any atom is -0.507 e. The Kier molecular flexibility index (Phi) is 5.70. The summed E-state index contributed by atoms with van der Waals surface area (Å²) in [6.45, 7) is 12.7. The van der Waals surface area contributed by atoms with Crippen LogP contribution in [0.1, 0.15) is 52.7 Å².